The van der Waals surface area contributed by atoms with Crippen LogP contribution in [0, 0.1) is 0 Å². The number of aliphatic hydroxyl groups excluding tert-OH is 1. The minimum Gasteiger partial charge on any atom is -0.491 e. The van der Waals surface area contributed by atoms with Crippen LogP contribution < -0.4 is 15.6 Å². The summed E-state index contributed by atoms with van der Waals surface area (Å²) in [6.07, 6.45) is -0.864. The zero-order valence-corrected chi connectivity index (χ0v) is 13.4. The first kappa shape index (κ1) is 16.7. The molecular formula is C19H18N2O4. The number of benzene rings is 2. The van der Waals surface area contributed by atoms with Crippen molar-refractivity contribution in [1.82, 2.24) is 10.3 Å². The molecule has 1 aromatic heterocycles. The number of rotatable bonds is 6. The van der Waals surface area contributed by atoms with Gasteiger partial charge in [0.15, 0.2) is 0 Å². The van der Waals surface area contributed by atoms with Gasteiger partial charge in [-0.1, -0.05) is 36.4 Å². The van der Waals surface area contributed by atoms with Crippen LogP contribution in [-0.4, -0.2) is 35.3 Å². The summed E-state index contributed by atoms with van der Waals surface area (Å²) in [4.78, 5) is 26.8. The van der Waals surface area contributed by atoms with E-state index in [9.17, 15) is 14.7 Å². The predicted octanol–water partition coefficient (Wildman–Crippen LogP) is 1.70. The second kappa shape index (κ2) is 7.63. The van der Waals surface area contributed by atoms with Gasteiger partial charge in [0, 0.05) is 23.5 Å². The van der Waals surface area contributed by atoms with Crippen molar-refractivity contribution in [2.45, 2.75) is 6.10 Å². The number of para-hydroxylation sites is 2. The van der Waals surface area contributed by atoms with Crippen LogP contribution in [-0.2, 0) is 0 Å². The molecule has 1 heterocycles. The molecule has 1 amide bonds. The summed E-state index contributed by atoms with van der Waals surface area (Å²) in [7, 11) is 0. The van der Waals surface area contributed by atoms with E-state index in [1.54, 1.807) is 36.4 Å². The number of fused-ring (bicyclic) bond motifs is 1. The zero-order chi connectivity index (χ0) is 17.6. The standard InChI is InChI=1S/C19H18N2O4/c22-13(12-25-14-6-2-1-3-7-14)11-20-19(24)16-10-18(23)21-17-9-5-4-8-15(16)17/h1-10,13,22H,11-12H2,(H,20,24)(H,21,23). The molecule has 6 heteroatoms. The van der Waals surface area contributed by atoms with E-state index < -0.39 is 12.0 Å². The van der Waals surface area contributed by atoms with Crippen molar-refractivity contribution in [2.75, 3.05) is 13.2 Å². The minimum absolute atomic E-state index is 0.0206. The molecule has 6 nitrogen and oxygen atoms in total. The van der Waals surface area contributed by atoms with Crippen molar-refractivity contribution in [3.05, 3.63) is 76.6 Å². The highest BCUT2D eigenvalue weighted by molar-refractivity contribution is 6.05. The Hall–Kier alpha value is -3.12. The average molecular weight is 338 g/mol. The molecule has 0 fully saturated rings. The molecule has 0 aliphatic heterocycles. The number of pyridine rings is 1. The lowest BCUT2D eigenvalue weighted by molar-refractivity contribution is 0.0845. The summed E-state index contributed by atoms with van der Waals surface area (Å²) >= 11 is 0. The molecule has 0 aliphatic rings. The molecule has 2 aromatic carbocycles. The zero-order valence-electron chi connectivity index (χ0n) is 13.4. The molecule has 25 heavy (non-hydrogen) atoms. The first-order valence-corrected chi connectivity index (χ1v) is 7.89. The number of hydrogen-bond donors (Lipinski definition) is 3. The van der Waals surface area contributed by atoms with E-state index in [0.29, 0.717) is 16.7 Å². The lowest BCUT2D eigenvalue weighted by Crippen LogP contribution is -2.35. The number of nitrogens with one attached hydrogen (secondary N) is 2. The Morgan fingerprint density at radius 3 is 2.64 bits per heavy atom. The second-order valence-corrected chi connectivity index (χ2v) is 5.58. The van der Waals surface area contributed by atoms with E-state index in [1.165, 1.54) is 6.07 Å². The number of H-pyrrole nitrogens is 1. The van der Waals surface area contributed by atoms with Crippen molar-refractivity contribution in [3.8, 4) is 5.75 Å². The number of aliphatic hydroxyl groups is 1. The molecule has 0 bridgehead atoms. The Bertz CT molecular complexity index is 921. The maximum atomic E-state index is 12.4. The predicted molar refractivity (Wildman–Crippen MR) is 94.8 cm³/mol. The van der Waals surface area contributed by atoms with Gasteiger partial charge in [-0.3, -0.25) is 9.59 Å². The van der Waals surface area contributed by atoms with Gasteiger partial charge in [-0.05, 0) is 18.2 Å². The van der Waals surface area contributed by atoms with Crippen LogP contribution in [0.4, 0.5) is 0 Å². The number of aromatic amines is 1. The van der Waals surface area contributed by atoms with Crippen molar-refractivity contribution >= 4 is 16.8 Å². The molecule has 0 spiro atoms. The molecule has 3 N–H and O–H groups in total. The Kier molecular flexibility index (Phi) is 5.11. The summed E-state index contributed by atoms with van der Waals surface area (Å²) in [6, 6.07) is 17.4. The first-order valence-electron chi connectivity index (χ1n) is 7.89. The van der Waals surface area contributed by atoms with E-state index in [0.717, 1.165) is 0 Å². The van der Waals surface area contributed by atoms with E-state index >= 15 is 0 Å². The highest BCUT2D eigenvalue weighted by Crippen LogP contribution is 2.14. The molecule has 0 saturated heterocycles. The normalized spacial score (nSPS) is 11.9. The fourth-order valence-electron chi connectivity index (χ4n) is 2.47. The summed E-state index contributed by atoms with van der Waals surface area (Å²) in [5.41, 5.74) is 0.514. The molecule has 1 atom stereocenters. The number of amides is 1. The van der Waals surface area contributed by atoms with Crippen molar-refractivity contribution in [2.24, 2.45) is 0 Å². The van der Waals surface area contributed by atoms with Gasteiger partial charge in [0.05, 0.1) is 5.56 Å². The van der Waals surface area contributed by atoms with Crippen LogP contribution in [0.25, 0.3) is 10.9 Å². The van der Waals surface area contributed by atoms with Crippen LogP contribution in [0.3, 0.4) is 0 Å². The third-order valence-corrected chi connectivity index (χ3v) is 3.68. The minimum atomic E-state index is -0.864. The molecule has 0 radical (unpaired) electrons. The molecule has 3 rings (SSSR count). The van der Waals surface area contributed by atoms with Crippen LogP contribution in [0.2, 0.25) is 0 Å². The van der Waals surface area contributed by atoms with Crippen LogP contribution in [0.5, 0.6) is 5.75 Å². The molecular weight excluding hydrogens is 320 g/mol. The lowest BCUT2D eigenvalue weighted by atomic mass is 10.1. The fourth-order valence-corrected chi connectivity index (χ4v) is 2.47. The van der Waals surface area contributed by atoms with Gasteiger partial charge in [-0.15, -0.1) is 0 Å². The quantitative estimate of drug-likeness (QED) is 0.638. The van der Waals surface area contributed by atoms with Gasteiger partial charge < -0.3 is 20.1 Å². The van der Waals surface area contributed by atoms with Crippen molar-refractivity contribution in [1.29, 1.82) is 0 Å². The molecule has 128 valence electrons. The highest BCUT2D eigenvalue weighted by Gasteiger charge is 2.13. The van der Waals surface area contributed by atoms with Gasteiger partial charge in [-0.25, -0.2) is 0 Å². The molecule has 0 aliphatic carbocycles. The average Bonchev–Trinajstić information content (AvgIpc) is 2.64. The summed E-state index contributed by atoms with van der Waals surface area (Å²) in [5.74, 6) is 0.231. The number of hydrogen-bond acceptors (Lipinski definition) is 4. The topological polar surface area (TPSA) is 91.4 Å². The molecule has 3 aromatic rings. The Morgan fingerprint density at radius 2 is 1.84 bits per heavy atom. The lowest BCUT2D eigenvalue weighted by Gasteiger charge is -2.14. The van der Waals surface area contributed by atoms with Crippen LogP contribution in [0.1, 0.15) is 10.4 Å². The number of ether oxygens (including phenoxy) is 1. The van der Waals surface area contributed by atoms with Crippen molar-refractivity contribution in [3.63, 3.8) is 0 Å². The van der Waals surface area contributed by atoms with Gasteiger partial charge in [0.2, 0.25) is 5.56 Å². The number of carbonyl (C=O) groups is 1. The Labute approximate surface area is 144 Å². The maximum absolute atomic E-state index is 12.4. The highest BCUT2D eigenvalue weighted by atomic mass is 16.5. The van der Waals surface area contributed by atoms with Gasteiger partial charge >= 0.3 is 0 Å². The molecule has 0 saturated carbocycles. The summed E-state index contributed by atoms with van der Waals surface area (Å²) < 4.78 is 5.44. The van der Waals surface area contributed by atoms with E-state index in [4.69, 9.17) is 4.74 Å². The summed E-state index contributed by atoms with van der Waals surface area (Å²) in [5, 5.41) is 13.2. The maximum Gasteiger partial charge on any atom is 0.252 e. The number of aromatic nitrogens is 1. The van der Waals surface area contributed by atoms with Crippen molar-refractivity contribution < 1.29 is 14.6 Å². The fraction of sp³-hybridized carbons (Fsp3) is 0.158. The largest absolute Gasteiger partial charge is 0.491 e. The summed E-state index contributed by atoms with van der Waals surface area (Å²) in [6.45, 7) is 0.0766. The van der Waals surface area contributed by atoms with E-state index in [-0.39, 0.29) is 24.3 Å². The van der Waals surface area contributed by atoms with Crippen LogP contribution >= 0.6 is 0 Å². The van der Waals surface area contributed by atoms with Crippen LogP contribution in [0.15, 0.2) is 65.5 Å². The molecule has 1 unspecified atom stereocenters. The monoisotopic (exact) mass is 338 g/mol. The van der Waals surface area contributed by atoms with Gasteiger partial charge in [0.25, 0.3) is 5.91 Å². The van der Waals surface area contributed by atoms with Gasteiger partial charge in [0.1, 0.15) is 18.5 Å². The first-order chi connectivity index (χ1) is 12.1. The smallest absolute Gasteiger partial charge is 0.252 e. The van der Waals surface area contributed by atoms with Gasteiger partial charge in [-0.2, -0.15) is 0 Å². The number of carbonyl (C=O) groups excluding carboxylic acids is 1. The third-order valence-electron chi connectivity index (χ3n) is 3.68. The third kappa shape index (κ3) is 4.24. The van der Waals surface area contributed by atoms with E-state index in [2.05, 4.69) is 10.3 Å². The Morgan fingerprint density at radius 1 is 1.12 bits per heavy atom. The SMILES string of the molecule is O=C(NCC(O)COc1ccccc1)c1cc(=O)[nH]c2ccccc12. The second-order valence-electron chi connectivity index (χ2n) is 5.58. The van der Waals surface area contributed by atoms with E-state index in [1.807, 2.05) is 18.2 Å². The Balaban J connectivity index is 1.62.